The van der Waals surface area contributed by atoms with E-state index in [4.69, 9.17) is 11.6 Å². The Morgan fingerprint density at radius 1 is 1.10 bits per heavy atom. The summed E-state index contributed by atoms with van der Waals surface area (Å²) in [5.74, 6) is -0.456. The first-order valence-corrected chi connectivity index (χ1v) is 8.13. The SMILES string of the molecule is Cc1cc(F)cc(C)c1S(=O)(=O)Nc1cccc(Cl)c1C. The van der Waals surface area contributed by atoms with Gasteiger partial charge in [0.15, 0.2) is 0 Å². The molecule has 2 aromatic rings. The molecule has 0 atom stereocenters. The monoisotopic (exact) mass is 327 g/mol. The predicted octanol–water partition coefficient (Wildman–Crippen LogP) is 4.21. The highest BCUT2D eigenvalue weighted by atomic mass is 35.5. The van der Waals surface area contributed by atoms with Gasteiger partial charge in [0.05, 0.1) is 10.6 Å². The number of sulfonamides is 1. The Morgan fingerprint density at radius 3 is 2.24 bits per heavy atom. The largest absolute Gasteiger partial charge is 0.279 e. The molecule has 2 rings (SSSR count). The van der Waals surface area contributed by atoms with Crippen molar-refractivity contribution in [2.45, 2.75) is 25.7 Å². The normalized spacial score (nSPS) is 11.5. The molecule has 21 heavy (non-hydrogen) atoms. The molecule has 2 aromatic carbocycles. The molecule has 0 saturated carbocycles. The molecule has 0 radical (unpaired) electrons. The molecule has 112 valence electrons. The molecule has 0 saturated heterocycles. The van der Waals surface area contributed by atoms with E-state index in [0.29, 0.717) is 27.4 Å². The van der Waals surface area contributed by atoms with E-state index in [9.17, 15) is 12.8 Å². The Labute approximate surface area is 128 Å². The molecule has 0 fully saturated rings. The van der Waals surface area contributed by atoms with E-state index in [-0.39, 0.29) is 4.90 Å². The van der Waals surface area contributed by atoms with E-state index in [0.717, 1.165) is 0 Å². The Bertz CT molecular complexity index is 780. The van der Waals surface area contributed by atoms with Crippen LogP contribution in [0.5, 0.6) is 0 Å². The van der Waals surface area contributed by atoms with Gasteiger partial charge in [-0.25, -0.2) is 12.8 Å². The number of anilines is 1. The van der Waals surface area contributed by atoms with E-state index in [1.165, 1.54) is 12.1 Å². The van der Waals surface area contributed by atoms with Crippen LogP contribution < -0.4 is 4.72 Å². The van der Waals surface area contributed by atoms with Crippen molar-refractivity contribution in [3.63, 3.8) is 0 Å². The van der Waals surface area contributed by atoms with Gasteiger partial charge in [0.2, 0.25) is 0 Å². The van der Waals surface area contributed by atoms with E-state index < -0.39 is 15.8 Å². The average Bonchev–Trinajstić information content (AvgIpc) is 2.33. The number of benzene rings is 2. The van der Waals surface area contributed by atoms with Crippen LogP contribution in [-0.2, 0) is 10.0 Å². The van der Waals surface area contributed by atoms with Gasteiger partial charge in [-0.15, -0.1) is 0 Å². The van der Waals surface area contributed by atoms with Gasteiger partial charge in [0.1, 0.15) is 5.82 Å². The fourth-order valence-corrected chi connectivity index (χ4v) is 3.99. The van der Waals surface area contributed by atoms with E-state index in [1.807, 2.05) is 0 Å². The molecule has 1 N–H and O–H groups in total. The second kappa shape index (κ2) is 5.66. The molecule has 0 amide bonds. The van der Waals surface area contributed by atoms with Gasteiger partial charge < -0.3 is 0 Å². The second-order valence-electron chi connectivity index (χ2n) is 4.89. The lowest BCUT2D eigenvalue weighted by Crippen LogP contribution is -2.16. The van der Waals surface area contributed by atoms with Crippen LogP contribution in [0.4, 0.5) is 10.1 Å². The van der Waals surface area contributed by atoms with Gasteiger partial charge in [-0.3, -0.25) is 4.72 Å². The zero-order valence-corrected chi connectivity index (χ0v) is 13.4. The average molecular weight is 328 g/mol. The smallest absolute Gasteiger partial charge is 0.262 e. The number of nitrogens with one attached hydrogen (secondary N) is 1. The second-order valence-corrected chi connectivity index (χ2v) is 6.91. The van der Waals surface area contributed by atoms with Crippen molar-refractivity contribution >= 4 is 27.3 Å². The summed E-state index contributed by atoms with van der Waals surface area (Å²) in [5, 5.41) is 0.475. The number of aryl methyl sites for hydroxylation is 2. The molecule has 0 bridgehead atoms. The third-order valence-corrected chi connectivity index (χ3v) is 5.29. The standard InChI is InChI=1S/C15H15ClFNO2S/c1-9-7-12(17)8-10(2)15(9)21(19,20)18-14-6-4-5-13(16)11(14)3/h4-8,18H,1-3H3. The number of hydrogen-bond acceptors (Lipinski definition) is 2. The Balaban J connectivity index is 2.51. The third-order valence-electron chi connectivity index (χ3n) is 3.21. The number of hydrogen-bond donors (Lipinski definition) is 1. The highest BCUT2D eigenvalue weighted by molar-refractivity contribution is 7.92. The summed E-state index contributed by atoms with van der Waals surface area (Å²) in [6, 6.07) is 7.38. The van der Waals surface area contributed by atoms with Crippen molar-refractivity contribution < 1.29 is 12.8 Å². The first-order valence-electron chi connectivity index (χ1n) is 6.27. The highest BCUT2D eigenvalue weighted by Crippen LogP contribution is 2.28. The van der Waals surface area contributed by atoms with Gasteiger partial charge in [-0.2, -0.15) is 0 Å². The van der Waals surface area contributed by atoms with Crippen molar-refractivity contribution in [3.05, 3.63) is 57.9 Å². The molecule has 6 heteroatoms. The Morgan fingerprint density at radius 2 is 1.67 bits per heavy atom. The van der Waals surface area contributed by atoms with Crippen molar-refractivity contribution in [2.75, 3.05) is 4.72 Å². The van der Waals surface area contributed by atoms with Crippen molar-refractivity contribution in [3.8, 4) is 0 Å². The van der Waals surface area contributed by atoms with Crippen LogP contribution in [0.15, 0.2) is 35.2 Å². The number of rotatable bonds is 3. The Kier molecular flexibility index (Phi) is 4.25. The zero-order valence-electron chi connectivity index (χ0n) is 11.9. The molecule has 0 heterocycles. The fraction of sp³-hybridized carbons (Fsp3) is 0.200. The molecular weight excluding hydrogens is 313 g/mol. The van der Waals surface area contributed by atoms with E-state index >= 15 is 0 Å². The van der Waals surface area contributed by atoms with Crippen molar-refractivity contribution in [2.24, 2.45) is 0 Å². The fourth-order valence-electron chi connectivity index (χ4n) is 2.24. The maximum atomic E-state index is 13.3. The van der Waals surface area contributed by atoms with Crippen molar-refractivity contribution in [1.29, 1.82) is 0 Å². The summed E-state index contributed by atoms with van der Waals surface area (Å²) in [6.45, 7) is 4.86. The minimum absolute atomic E-state index is 0.0864. The summed E-state index contributed by atoms with van der Waals surface area (Å²) in [4.78, 5) is 0.0864. The molecule has 0 aliphatic carbocycles. The van der Waals surface area contributed by atoms with Crippen LogP contribution in [0.25, 0.3) is 0 Å². The Hall–Kier alpha value is -1.59. The molecule has 3 nitrogen and oxygen atoms in total. The van der Waals surface area contributed by atoms with Crippen LogP contribution >= 0.6 is 11.6 Å². The summed E-state index contributed by atoms with van der Waals surface area (Å²) >= 11 is 5.99. The predicted molar refractivity (Wildman–Crippen MR) is 82.9 cm³/mol. The van der Waals surface area contributed by atoms with E-state index in [2.05, 4.69) is 4.72 Å². The lowest BCUT2D eigenvalue weighted by molar-refractivity contribution is 0.597. The third kappa shape index (κ3) is 3.19. The first-order chi connectivity index (χ1) is 9.72. The first kappa shape index (κ1) is 15.8. The van der Waals surface area contributed by atoms with Crippen LogP contribution in [-0.4, -0.2) is 8.42 Å². The lowest BCUT2D eigenvalue weighted by atomic mass is 10.1. The topological polar surface area (TPSA) is 46.2 Å². The van der Waals surface area contributed by atoms with Gasteiger partial charge >= 0.3 is 0 Å². The summed E-state index contributed by atoms with van der Waals surface area (Å²) in [5.41, 5.74) is 1.77. The summed E-state index contributed by atoms with van der Waals surface area (Å²) in [6.07, 6.45) is 0. The van der Waals surface area contributed by atoms with Crippen LogP contribution in [0.1, 0.15) is 16.7 Å². The van der Waals surface area contributed by atoms with Gasteiger partial charge in [-0.05, 0) is 61.7 Å². The highest BCUT2D eigenvalue weighted by Gasteiger charge is 2.21. The maximum Gasteiger partial charge on any atom is 0.262 e. The lowest BCUT2D eigenvalue weighted by Gasteiger charge is -2.15. The summed E-state index contributed by atoms with van der Waals surface area (Å²) in [7, 11) is -3.81. The van der Waals surface area contributed by atoms with Crippen LogP contribution in [0, 0.1) is 26.6 Å². The molecule has 0 unspecified atom stereocenters. The molecule has 0 aromatic heterocycles. The number of halogens is 2. The summed E-state index contributed by atoms with van der Waals surface area (Å²) < 4.78 is 40.9. The molecule has 0 spiro atoms. The van der Waals surface area contributed by atoms with Gasteiger partial charge in [-0.1, -0.05) is 17.7 Å². The van der Waals surface area contributed by atoms with Crippen LogP contribution in [0.2, 0.25) is 5.02 Å². The van der Waals surface area contributed by atoms with Gasteiger partial charge in [0, 0.05) is 5.02 Å². The zero-order chi connectivity index (χ0) is 15.8. The van der Waals surface area contributed by atoms with Crippen molar-refractivity contribution in [1.82, 2.24) is 0 Å². The minimum atomic E-state index is -3.81. The van der Waals surface area contributed by atoms with E-state index in [1.54, 1.807) is 39.0 Å². The maximum absolute atomic E-state index is 13.3. The van der Waals surface area contributed by atoms with Gasteiger partial charge in [0.25, 0.3) is 10.0 Å². The van der Waals surface area contributed by atoms with Crippen LogP contribution in [0.3, 0.4) is 0 Å². The molecule has 0 aliphatic heterocycles. The molecular formula is C15H15ClFNO2S. The molecule has 0 aliphatic rings. The minimum Gasteiger partial charge on any atom is -0.279 e. The quantitative estimate of drug-likeness (QED) is 0.918.